The molecule has 0 spiro atoms. The van der Waals surface area contributed by atoms with E-state index in [9.17, 15) is 26.3 Å². The van der Waals surface area contributed by atoms with Crippen molar-refractivity contribution in [3.05, 3.63) is 70.8 Å². The van der Waals surface area contributed by atoms with Crippen LogP contribution in [-0.2, 0) is 0 Å². The van der Waals surface area contributed by atoms with E-state index in [0.717, 1.165) is 21.3 Å². The van der Waals surface area contributed by atoms with E-state index in [1.54, 1.807) is 0 Å². The zero-order chi connectivity index (χ0) is 24.6. The summed E-state index contributed by atoms with van der Waals surface area (Å²) in [6.45, 7) is 0. The minimum atomic E-state index is -4.47. The highest BCUT2D eigenvalue weighted by Gasteiger charge is 2.42. The van der Waals surface area contributed by atoms with Gasteiger partial charge in [-0.05, 0) is 14.9 Å². The molecule has 174 valence electrons. The number of benzene rings is 3. The Morgan fingerprint density at radius 2 is 0.909 bits per heavy atom. The van der Waals surface area contributed by atoms with Crippen molar-refractivity contribution in [2.24, 2.45) is 0 Å². The van der Waals surface area contributed by atoms with Crippen molar-refractivity contribution in [1.82, 2.24) is 0 Å². The molecule has 0 unspecified atom stereocenters. The van der Waals surface area contributed by atoms with E-state index in [0.29, 0.717) is 18.2 Å². The van der Waals surface area contributed by atoms with E-state index >= 15 is 8.78 Å². The van der Waals surface area contributed by atoms with Gasteiger partial charge in [0.25, 0.3) is 0 Å². The SMILES string of the molecule is COc1c[c]([Al]([c]2c(F)c(F)cc(OC)c2F)[c]2c(F)c(F)cc(OC)c2F)c(F)cc1F. The van der Waals surface area contributed by atoms with Crippen molar-refractivity contribution in [3.8, 4) is 17.2 Å². The summed E-state index contributed by atoms with van der Waals surface area (Å²) in [6, 6.07) is 1.54. The summed E-state index contributed by atoms with van der Waals surface area (Å²) in [5.74, 6) is -15.5. The van der Waals surface area contributed by atoms with Crippen LogP contribution in [0.15, 0.2) is 24.3 Å². The maximum absolute atomic E-state index is 15.2. The molecule has 12 heteroatoms. The van der Waals surface area contributed by atoms with Crippen molar-refractivity contribution >= 4 is 27.4 Å². The molecule has 0 aliphatic rings. The van der Waals surface area contributed by atoms with Gasteiger partial charge < -0.3 is 14.2 Å². The van der Waals surface area contributed by atoms with Gasteiger partial charge in [-0.15, -0.1) is 0 Å². The van der Waals surface area contributed by atoms with Crippen molar-refractivity contribution in [1.29, 1.82) is 0 Å². The summed E-state index contributed by atoms with van der Waals surface area (Å²) in [5.41, 5.74) is 0. The summed E-state index contributed by atoms with van der Waals surface area (Å²) in [5, 5.41) is 0. The summed E-state index contributed by atoms with van der Waals surface area (Å²) < 4.78 is 128. The number of halogens is 8. The van der Waals surface area contributed by atoms with E-state index in [1.807, 2.05) is 0 Å². The highest BCUT2D eigenvalue weighted by Crippen LogP contribution is 2.25. The zero-order valence-corrected chi connectivity index (χ0v) is 18.3. The number of methoxy groups -OCH3 is 3. The number of hydrogen-bond acceptors (Lipinski definition) is 3. The van der Waals surface area contributed by atoms with Crippen LogP contribution in [-0.4, -0.2) is 35.5 Å². The van der Waals surface area contributed by atoms with E-state index in [-0.39, 0.29) is 6.07 Å². The summed E-state index contributed by atoms with van der Waals surface area (Å²) in [7, 11) is 2.80. The van der Waals surface area contributed by atoms with Crippen molar-refractivity contribution in [3.63, 3.8) is 0 Å². The first kappa shape index (κ1) is 24.7. The Labute approximate surface area is 186 Å². The van der Waals surface area contributed by atoms with Crippen molar-refractivity contribution in [2.75, 3.05) is 21.3 Å². The summed E-state index contributed by atoms with van der Waals surface area (Å²) in [4.78, 5) is 0. The lowest BCUT2D eigenvalue weighted by molar-refractivity contribution is 0.378. The smallest absolute Gasteiger partial charge is 0.408 e. The van der Waals surface area contributed by atoms with E-state index in [4.69, 9.17) is 4.74 Å². The number of ether oxygens (including phenoxy) is 3. The van der Waals surface area contributed by atoms with Crippen LogP contribution in [0, 0.1) is 46.5 Å². The molecule has 0 aliphatic heterocycles. The maximum atomic E-state index is 15.2. The van der Waals surface area contributed by atoms with Gasteiger partial charge in [-0.2, -0.15) is 0 Å². The quantitative estimate of drug-likeness (QED) is 0.300. The fourth-order valence-corrected chi connectivity index (χ4v) is 6.54. The number of hydrogen-bond donors (Lipinski definition) is 0. The molecule has 3 aromatic rings. The Balaban J connectivity index is 2.55. The average molecular weight is 492 g/mol. The molecule has 0 radical (unpaired) electrons. The second kappa shape index (κ2) is 9.49. The standard InChI is InChI=1S/2C7H4F3O.C7H5F2O.Al/c2*1-11-7-3-5(9)4(8)2-6(7)10;1-10-7-3-2-5(8)4-6(7)9;/h2*3H,1H3;3-4H,1H3;. The molecule has 0 saturated heterocycles. The van der Waals surface area contributed by atoms with Crippen LogP contribution in [0.25, 0.3) is 0 Å². The van der Waals surface area contributed by atoms with Crippen LogP contribution in [0.4, 0.5) is 35.1 Å². The molecule has 0 amide bonds. The molecule has 0 saturated carbocycles. The first-order valence-corrected chi connectivity index (χ1v) is 10.8. The molecule has 33 heavy (non-hydrogen) atoms. The Morgan fingerprint density at radius 3 is 1.30 bits per heavy atom. The molecule has 0 fully saturated rings. The average Bonchev–Trinajstić information content (AvgIpc) is 2.78. The molecule has 0 aromatic heterocycles. The second-order valence-corrected chi connectivity index (χ2v) is 9.29. The normalized spacial score (nSPS) is 10.9. The monoisotopic (exact) mass is 492 g/mol. The molecule has 0 N–H and O–H groups in total. The Morgan fingerprint density at radius 1 is 0.485 bits per heavy atom. The van der Waals surface area contributed by atoms with Gasteiger partial charge in [0, 0.05) is 18.2 Å². The van der Waals surface area contributed by atoms with E-state index in [1.165, 1.54) is 0 Å². The van der Waals surface area contributed by atoms with Crippen LogP contribution < -0.4 is 27.5 Å². The lowest BCUT2D eigenvalue weighted by Crippen LogP contribution is -2.58. The molecular weight excluding hydrogens is 479 g/mol. The van der Waals surface area contributed by atoms with E-state index in [2.05, 4.69) is 9.47 Å². The first-order valence-electron chi connectivity index (χ1n) is 9.02. The van der Waals surface area contributed by atoms with Gasteiger partial charge in [0.05, 0.1) is 21.3 Å². The fraction of sp³-hybridized carbons (Fsp3) is 0.143. The molecule has 3 aromatic carbocycles. The molecule has 0 aliphatic carbocycles. The minimum Gasteiger partial charge on any atom is -0.494 e. The van der Waals surface area contributed by atoms with Crippen LogP contribution in [0.1, 0.15) is 0 Å². The highest BCUT2D eigenvalue weighted by molar-refractivity contribution is 6.95. The van der Waals surface area contributed by atoms with Gasteiger partial charge in [-0.1, -0.05) is 4.43 Å². The van der Waals surface area contributed by atoms with Gasteiger partial charge in [0.2, 0.25) is 0 Å². The van der Waals surface area contributed by atoms with Gasteiger partial charge >= 0.3 is 14.1 Å². The third-order valence-electron chi connectivity index (χ3n) is 4.91. The first-order chi connectivity index (χ1) is 15.6. The molecular formula is C21H13AlF8O3. The van der Waals surface area contributed by atoms with Crippen LogP contribution in [0.3, 0.4) is 0 Å². The van der Waals surface area contributed by atoms with Gasteiger partial charge in [-0.25, -0.2) is 35.1 Å². The molecule has 3 rings (SSSR count). The van der Waals surface area contributed by atoms with Crippen LogP contribution in [0.2, 0.25) is 0 Å². The van der Waals surface area contributed by atoms with Gasteiger partial charge in [-0.3, -0.25) is 0 Å². The van der Waals surface area contributed by atoms with E-state index < -0.39 is 91.2 Å². The van der Waals surface area contributed by atoms with Gasteiger partial charge in [0.15, 0.2) is 46.3 Å². The number of rotatable bonds is 6. The zero-order valence-electron chi connectivity index (χ0n) is 17.1. The molecule has 0 heterocycles. The Kier molecular flexibility index (Phi) is 7.09. The fourth-order valence-electron chi connectivity index (χ4n) is 3.38. The lowest BCUT2D eigenvalue weighted by Gasteiger charge is -2.20. The summed E-state index contributed by atoms with van der Waals surface area (Å²) >= 11 is -4.47. The topological polar surface area (TPSA) is 27.7 Å². The van der Waals surface area contributed by atoms with Crippen molar-refractivity contribution in [2.45, 2.75) is 0 Å². The lowest BCUT2D eigenvalue weighted by atomic mass is 10.3. The molecule has 0 atom stereocenters. The third kappa shape index (κ3) is 4.20. The van der Waals surface area contributed by atoms with Gasteiger partial charge in [0.1, 0.15) is 17.5 Å². The Bertz CT molecular complexity index is 1170. The van der Waals surface area contributed by atoms with Crippen molar-refractivity contribution < 1.29 is 49.3 Å². The van der Waals surface area contributed by atoms with Crippen LogP contribution >= 0.6 is 0 Å². The molecule has 3 nitrogen and oxygen atoms in total. The predicted octanol–water partition coefficient (Wildman–Crippen LogP) is 3.34. The predicted molar refractivity (Wildman–Crippen MR) is 103 cm³/mol. The second-order valence-electron chi connectivity index (χ2n) is 6.65. The minimum absolute atomic E-state index is 0.257. The highest BCUT2D eigenvalue weighted by atomic mass is 27.2. The third-order valence-corrected chi connectivity index (χ3v) is 8.15. The molecule has 0 bridgehead atoms. The van der Waals surface area contributed by atoms with Crippen LogP contribution in [0.5, 0.6) is 17.2 Å². The largest absolute Gasteiger partial charge is 0.494 e. The maximum Gasteiger partial charge on any atom is 0.408 e. The Hall–Kier alpha value is -2.97. The summed E-state index contributed by atoms with van der Waals surface area (Å²) in [6.07, 6.45) is 0.